The largest absolute Gasteiger partial charge is 0.382 e. The molecular formula is C15H22N2O. The lowest BCUT2D eigenvalue weighted by Gasteiger charge is -2.29. The van der Waals surface area contributed by atoms with E-state index in [4.69, 9.17) is 5.73 Å². The summed E-state index contributed by atoms with van der Waals surface area (Å²) in [5.41, 5.74) is 7.30. The summed E-state index contributed by atoms with van der Waals surface area (Å²) in [5.74, 6) is 0.603. The smallest absolute Gasteiger partial charge is 0.221 e. The molecule has 98 valence electrons. The van der Waals surface area contributed by atoms with Crippen molar-refractivity contribution >= 4 is 11.6 Å². The van der Waals surface area contributed by atoms with Crippen molar-refractivity contribution in [2.45, 2.75) is 45.1 Å². The fraction of sp³-hybridized carbons (Fsp3) is 0.533. The second-order valence-electron chi connectivity index (χ2n) is 5.38. The second kappa shape index (κ2) is 5.89. The predicted octanol–water partition coefficient (Wildman–Crippen LogP) is 2.71. The quantitative estimate of drug-likeness (QED) is 0.811. The number of nitrogens with two attached hydrogens (primary N) is 1. The maximum absolute atomic E-state index is 11.0. The molecule has 1 aliphatic rings. The molecule has 1 amide bonds. The minimum atomic E-state index is -0.282. The molecule has 0 radical (unpaired) electrons. The van der Waals surface area contributed by atoms with E-state index in [2.05, 4.69) is 12.2 Å². The van der Waals surface area contributed by atoms with Gasteiger partial charge in [-0.3, -0.25) is 4.79 Å². The average Bonchev–Trinajstić information content (AvgIpc) is 2.26. The molecule has 18 heavy (non-hydrogen) atoms. The fourth-order valence-electron chi connectivity index (χ4n) is 2.56. The van der Waals surface area contributed by atoms with E-state index in [1.54, 1.807) is 0 Å². The van der Waals surface area contributed by atoms with Crippen molar-refractivity contribution in [2.75, 3.05) is 5.32 Å². The zero-order valence-electron chi connectivity index (χ0n) is 11.0. The lowest BCUT2D eigenvalue weighted by atomic mass is 9.81. The van der Waals surface area contributed by atoms with Crippen LogP contribution in [0.2, 0.25) is 0 Å². The van der Waals surface area contributed by atoms with Crippen molar-refractivity contribution in [1.82, 2.24) is 0 Å². The molecule has 0 aliphatic heterocycles. The Morgan fingerprint density at radius 1 is 1.44 bits per heavy atom. The number of benzene rings is 1. The average molecular weight is 246 g/mol. The molecule has 1 aromatic rings. The molecule has 3 nitrogen and oxygen atoms in total. The maximum atomic E-state index is 11.0. The van der Waals surface area contributed by atoms with E-state index in [0.29, 0.717) is 12.5 Å². The number of para-hydroxylation sites is 1. The van der Waals surface area contributed by atoms with Crippen LogP contribution in [0.25, 0.3) is 0 Å². The molecule has 0 bridgehead atoms. The highest BCUT2D eigenvalue weighted by atomic mass is 16.1. The Bertz CT molecular complexity index is 413. The lowest BCUT2D eigenvalue weighted by molar-refractivity contribution is -0.117. The predicted molar refractivity (Wildman–Crippen MR) is 74.4 cm³/mol. The van der Waals surface area contributed by atoms with Gasteiger partial charge >= 0.3 is 0 Å². The van der Waals surface area contributed by atoms with Gasteiger partial charge in [-0.1, -0.05) is 37.5 Å². The Kier molecular flexibility index (Phi) is 4.24. The van der Waals surface area contributed by atoms with Crippen molar-refractivity contribution < 1.29 is 4.79 Å². The van der Waals surface area contributed by atoms with Crippen LogP contribution in [0.4, 0.5) is 5.69 Å². The van der Waals surface area contributed by atoms with Crippen LogP contribution in [0.15, 0.2) is 24.3 Å². The Morgan fingerprint density at radius 2 is 2.17 bits per heavy atom. The van der Waals surface area contributed by atoms with Gasteiger partial charge in [0.2, 0.25) is 5.91 Å². The van der Waals surface area contributed by atoms with Crippen LogP contribution < -0.4 is 11.1 Å². The third-order valence-electron chi connectivity index (χ3n) is 3.70. The van der Waals surface area contributed by atoms with Gasteiger partial charge in [0.15, 0.2) is 0 Å². The van der Waals surface area contributed by atoms with Crippen LogP contribution in [0.5, 0.6) is 0 Å². The van der Waals surface area contributed by atoms with Gasteiger partial charge in [0.05, 0.1) is 6.42 Å². The van der Waals surface area contributed by atoms with Gasteiger partial charge in [0, 0.05) is 11.7 Å². The number of amides is 1. The first-order valence-corrected chi connectivity index (χ1v) is 6.78. The molecule has 3 N–H and O–H groups in total. The highest BCUT2D eigenvalue weighted by Crippen LogP contribution is 2.31. The van der Waals surface area contributed by atoms with E-state index in [1.165, 1.54) is 25.7 Å². The highest BCUT2D eigenvalue weighted by Gasteiger charge is 2.20. The number of carbonyl (C=O) groups excluding carboxylic acids is 1. The van der Waals surface area contributed by atoms with E-state index in [1.807, 2.05) is 24.3 Å². The summed E-state index contributed by atoms with van der Waals surface area (Å²) in [4.78, 5) is 11.0. The van der Waals surface area contributed by atoms with E-state index >= 15 is 0 Å². The topological polar surface area (TPSA) is 55.1 Å². The summed E-state index contributed by atoms with van der Waals surface area (Å²) in [6, 6.07) is 8.37. The molecular weight excluding hydrogens is 224 g/mol. The fourth-order valence-corrected chi connectivity index (χ4v) is 2.56. The Balaban J connectivity index is 1.96. The van der Waals surface area contributed by atoms with Gasteiger partial charge in [-0.15, -0.1) is 0 Å². The Morgan fingerprint density at radius 3 is 2.78 bits per heavy atom. The zero-order chi connectivity index (χ0) is 13.0. The van der Waals surface area contributed by atoms with Crippen molar-refractivity contribution in [3.8, 4) is 0 Å². The summed E-state index contributed by atoms with van der Waals surface area (Å²) < 4.78 is 0. The minimum Gasteiger partial charge on any atom is -0.382 e. The summed E-state index contributed by atoms with van der Waals surface area (Å²) in [5, 5.41) is 3.51. The first kappa shape index (κ1) is 12.9. The van der Waals surface area contributed by atoms with Gasteiger partial charge in [0.25, 0.3) is 0 Å². The number of hydrogen-bond donors (Lipinski definition) is 2. The summed E-state index contributed by atoms with van der Waals surface area (Å²) >= 11 is 0. The molecule has 0 heterocycles. The van der Waals surface area contributed by atoms with Crippen molar-refractivity contribution in [3.63, 3.8) is 0 Å². The number of nitrogens with one attached hydrogen (secondary N) is 1. The molecule has 0 saturated heterocycles. The molecule has 2 rings (SSSR count). The van der Waals surface area contributed by atoms with Crippen molar-refractivity contribution in [3.05, 3.63) is 29.8 Å². The molecule has 1 fully saturated rings. The van der Waals surface area contributed by atoms with Gasteiger partial charge in [-0.25, -0.2) is 0 Å². The van der Waals surface area contributed by atoms with E-state index in [0.717, 1.165) is 17.2 Å². The summed E-state index contributed by atoms with van der Waals surface area (Å²) in [6.07, 6.45) is 5.64. The van der Waals surface area contributed by atoms with E-state index in [9.17, 15) is 4.79 Å². The standard InChI is InChI=1S/C15H22N2O/c1-11(9-12-5-4-6-12)17-14-8-3-2-7-13(14)10-15(16)18/h2-3,7-8,11-12,17H,4-6,9-10H2,1H3,(H2,16,18). The molecule has 0 aromatic heterocycles. The van der Waals surface area contributed by atoms with Crippen LogP contribution in [-0.4, -0.2) is 11.9 Å². The highest BCUT2D eigenvalue weighted by molar-refractivity contribution is 5.78. The van der Waals surface area contributed by atoms with Crippen molar-refractivity contribution in [2.24, 2.45) is 11.7 Å². The maximum Gasteiger partial charge on any atom is 0.221 e. The van der Waals surface area contributed by atoms with Gasteiger partial charge in [0.1, 0.15) is 0 Å². The number of anilines is 1. The Labute approximate surface area is 109 Å². The summed E-state index contributed by atoms with van der Waals surface area (Å²) in [7, 11) is 0. The van der Waals surface area contributed by atoms with Crippen LogP contribution in [0.1, 0.15) is 38.2 Å². The molecule has 1 unspecified atom stereocenters. The molecule has 0 spiro atoms. The molecule has 1 aromatic carbocycles. The van der Waals surface area contributed by atoms with E-state index < -0.39 is 0 Å². The zero-order valence-corrected chi connectivity index (χ0v) is 11.0. The van der Waals surface area contributed by atoms with Gasteiger partial charge in [-0.05, 0) is 30.9 Å². The molecule has 1 aliphatic carbocycles. The molecule has 1 atom stereocenters. The van der Waals surface area contributed by atoms with Crippen LogP contribution in [0.3, 0.4) is 0 Å². The summed E-state index contributed by atoms with van der Waals surface area (Å²) in [6.45, 7) is 2.21. The molecule has 3 heteroatoms. The number of rotatable bonds is 6. The number of hydrogen-bond acceptors (Lipinski definition) is 2. The number of primary amides is 1. The third-order valence-corrected chi connectivity index (χ3v) is 3.70. The Hall–Kier alpha value is -1.51. The minimum absolute atomic E-state index is 0.282. The molecule has 1 saturated carbocycles. The first-order chi connectivity index (χ1) is 8.65. The van der Waals surface area contributed by atoms with Crippen LogP contribution in [-0.2, 0) is 11.2 Å². The van der Waals surface area contributed by atoms with Crippen LogP contribution >= 0.6 is 0 Å². The van der Waals surface area contributed by atoms with Crippen LogP contribution in [0, 0.1) is 5.92 Å². The SMILES string of the molecule is CC(CC1CCC1)Nc1ccccc1CC(N)=O. The monoisotopic (exact) mass is 246 g/mol. The third kappa shape index (κ3) is 3.49. The van der Waals surface area contributed by atoms with E-state index in [-0.39, 0.29) is 5.91 Å². The first-order valence-electron chi connectivity index (χ1n) is 6.78. The van der Waals surface area contributed by atoms with Crippen molar-refractivity contribution in [1.29, 1.82) is 0 Å². The van der Waals surface area contributed by atoms with Gasteiger partial charge in [-0.2, -0.15) is 0 Å². The second-order valence-corrected chi connectivity index (χ2v) is 5.38. The normalized spacial score (nSPS) is 16.9. The lowest BCUT2D eigenvalue weighted by Crippen LogP contribution is -2.24. The number of carbonyl (C=O) groups is 1. The van der Waals surface area contributed by atoms with Gasteiger partial charge < -0.3 is 11.1 Å².